The fourth-order valence-electron chi connectivity index (χ4n) is 1.60. The van der Waals surface area contributed by atoms with Gasteiger partial charge in [0.2, 0.25) is 0 Å². The molecule has 1 unspecified atom stereocenters. The van der Waals surface area contributed by atoms with Gasteiger partial charge in [-0.05, 0) is 24.4 Å². The van der Waals surface area contributed by atoms with Crippen LogP contribution in [0.5, 0.6) is 5.75 Å². The summed E-state index contributed by atoms with van der Waals surface area (Å²) in [6, 6.07) is 10.8. The molecule has 0 spiro atoms. The number of phenols is 1. The van der Waals surface area contributed by atoms with Crippen molar-refractivity contribution < 1.29 is 15.0 Å². The van der Waals surface area contributed by atoms with Crippen LogP contribution in [0.2, 0.25) is 0 Å². The first-order valence-corrected chi connectivity index (χ1v) is 6.07. The van der Waals surface area contributed by atoms with E-state index < -0.39 is 11.2 Å². The van der Waals surface area contributed by atoms with E-state index in [4.69, 9.17) is 5.11 Å². The van der Waals surface area contributed by atoms with Crippen molar-refractivity contribution in [3.63, 3.8) is 0 Å². The molecular formula is C13H12O3S. The highest BCUT2D eigenvalue weighted by Crippen LogP contribution is 2.35. The Morgan fingerprint density at radius 3 is 2.47 bits per heavy atom. The number of aromatic hydroxyl groups is 1. The smallest absolute Gasteiger partial charge is 0.316 e. The number of rotatable bonds is 3. The van der Waals surface area contributed by atoms with Gasteiger partial charge in [0.05, 0.1) is 0 Å². The summed E-state index contributed by atoms with van der Waals surface area (Å²) in [7, 11) is 0. The molecule has 4 heteroatoms. The average Bonchev–Trinajstić information content (AvgIpc) is 2.33. The zero-order valence-electron chi connectivity index (χ0n) is 9.25. The lowest BCUT2D eigenvalue weighted by Crippen LogP contribution is -2.11. The molecule has 0 saturated heterocycles. The van der Waals surface area contributed by atoms with Gasteiger partial charge in [0.25, 0.3) is 0 Å². The monoisotopic (exact) mass is 248 g/mol. The van der Waals surface area contributed by atoms with Crippen molar-refractivity contribution in [2.45, 2.75) is 17.1 Å². The van der Waals surface area contributed by atoms with E-state index in [1.54, 1.807) is 19.1 Å². The molecule has 0 aliphatic carbocycles. The zero-order chi connectivity index (χ0) is 12.4. The van der Waals surface area contributed by atoms with Gasteiger partial charge in [0.1, 0.15) is 11.0 Å². The second-order valence-electron chi connectivity index (χ2n) is 3.73. The van der Waals surface area contributed by atoms with Crippen LogP contribution >= 0.6 is 11.8 Å². The number of hydrogen-bond donors (Lipinski definition) is 2. The first-order chi connectivity index (χ1) is 8.09. The van der Waals surface area contributed by atoms with Crippen molar-refractivity contribution in [3.05, 3.63) is 36.4 Å². The van der Waals surface area contributed by atoms with E-state index >= 15 is 0 Å². The first kappa shape index (κ1) is 11.8. The summed E-state index contributed by atoms with van der Waals surface area (Å²) in [5, 5.41) is 19.7. The standard InChI is InChI=1S/C13H12O3S/c1-8(13(15)16)17-12-7-6-11(14)9-4-2-3-5-10(9)12/h2-8,14H,1H3,(H,15,16). The van der Waals surface area contributed by atoms with Crippen molar-refractivity contribution in [1.29, 1.82) is 0 Å². The minimum Gasteiger partial charge on any atom is -0.507 e. The van der Waals surface area contributed by atoms with E-state index in [0.717, 1.165) is 15.7 Å². The van der Waals surface area contributed by atoms with Crippen LogP contribution in [0.25, 0.3) is 10.8 Å². The zero-order valence-corrected chi connectivity index (χ0v) is 10.1. The Hall–Kier alpha value is -1.68. The van der Waals surface area contributed by atoms with E-state index in [0.29, 0.717) is 0 Å². The van der Waals surface area contributed by atoms with Crippen molar-refractivity contribution in [3.8, 4) is 5.75 Å². The molecule has 0 heterocycles. The summed E-state index contributed by atoms with van der Waals surface area (Å²) >= 11 is 1.28. The van der Waals surface area contributed by atoms with Gasteiger partial charge in [-0.2, -0.15) is 0 Å². The van der Waals surface area contributed by atoms with Crippen LogP contribution in [0.4, 0.5) is 0 Å². The molecule has 0 bridgehead atoms. The van der Waals surface area contributed by atoms with Gasteiger partial charge in [-0.15, -0.1) is 11.8 Å². The third kappa shape index (κ3) is 2.36. The molecule has 0 aliphatic rings. The Kier molecular flexibility index (Phi) is 3.24. The molecule has 0 aromatic heterocycles. The van der Waals surface area contributed by atoms with Crippen molar-refractivity contribution in [2.75, 3.05) is 0 Å². The van der Waals surface area contributed by atoms with Crippen LogP contribution in [0.15, 0.2) is 41.3 Å². The van der Waals surface area contributed by atoms with Gasteiger partial charge in [-0.3, -0.25) is 4.79 Å². The maximum absolute atomic E-state index is 10.8. The summed E-state index contributed by atoms with van der Waals surface area (Å²) in [6.07, 6.45) is 0. The topological polar surface area (TPSA) is 57.5 Å². The third-order valence-corrected chi connectivity index (χ3v) is 3.68. The van der Waals surface area contributed by atoms with E-state index in [1.807, 2.05) is 24.3 Å². The number of benzene rings is 2. The highest BCUT2D eigenvalue weighted by molar-refractivity contribution is 8.00. The molecule has 88 valence electrons. The summed E-state index contributed by atoms with van der Waals surface area (Å²) in [6.45, 7) is 1.65. The minimum absolute atomic E-state index is 0.216. The average molecular weight is 248 g/mol. The molecule has 17 heavy (non-hydrogen) atoms. The minimum atomic E-state index is -0.841. The molecule has 2 rings (SSSR count). The number of aliphatic carboxylic acids is 1. The molecule has 0 fully saturated rings. The van der Waals surface area contributed by atoms with Crippen molar-refractivity contribution in [2.24, 2.45) is 0 Å². The van der Waals surface area contributed by atoms with Crippen LogP contribution in [0.1, 0.15) is 6.92 Å². The van der Waals surface area contributed by atoms with Crippen molar-refractivity contribution in [1.82, 2.24) is 0 Å². The number of carboxylic acids is 1. The number of phenolic OH excluding ortho intramolecular Hbond substituents is 1. The van der Waals surface area contributed by atoms with Gasteiger partial charge in [-0.25, -0.2) is 0 Å². The molecule has 0 saturated carbocycles. The largest absolute Gasteiger partial charge is 0.507 e. The van der Waals surface area contributed by atoms with Crippen LogP contribution < -0.4 is 0 Å². The van der Waals surface area contributed by atoms with E-state index in [2.05, 4.69) is 0 Å². The number of fused-ring (bicyclic) bond motifs is 1. The Labute approximate surface area is 103 Å². The second-order valence-corrected chi connectivity index (χ2v) is 5.11. The van der Waals surface area contributed by atoms with Gasteiger partial charge in [0.15, 0.2) is 0 Å². The number of hydrogen-bond acceptors (Lipinski definition) is 3. The summed E-state index contributed by atoms with van der Waals surface area (Å²) in [5.74, 6) is -0.625. The quantitative estimate of drug-likeness (QED) is 0.819. The van der Waals surface area contributed by atoms with E-state index in [1.165, 1.54) is 11.8 Å². The SMILES string of the molecule is CC(Sc1ccc(O)c2ccccc12)C(=O)O. The predicted octanol–water partition coefficient (Wildman–Crippen LogP) is 3.11. The molecule has 2 N–H and O–H groups in total. The van der Waals surface area contributed by atoms with E-state index in [9.17, 15) is 9.90 Å². The molecule has 2 aromatic carbocycles. The van der Waals surface area contributed by atoms with Crippen molar-refractivity contribution >= 4 is 28.5 Å². The molecular weight excluding hydrogens is 236 g/mol. The highest BCUT2D eigenvalue weighted by Gasteiger charge is 2.14. The maximum atomic E-state index is 10.8. The normalized spacial score (nSPS) is 12.5. The van der Waals surface area contributed by atoms with Gasteiger partial charge in [0, 0.05) is 10.3 Å². The Morgan fingerprint density at radius 1 is 1.18 bits per heavy atom. The number of carbonyl (C=O) groups is 1. The second kappa shape index (κ2) is 4.67. The third-order valence-electron chi connectivity index (χ3n) is 2.51. The van der Waals surface area contributed by atoms with Crippen LogP contribution in [0, 0.1) is 0 Å². The first-order valence-electron chi connectivity index (χ1n) is 5.20. The lowest BCUT2D eigenvalue weighted by atomic mass is 10.1. The summed E-state index contributed by atoms with van der Waals surface area (Å²) in [4.78, 5) is 11.7. The molecule has 2 aromatic rings. The maximum Gasteiger partial charge on any atom is 0.316 e. The fourth-order valence-corrected chi connectivity index (χ4v) is 2.53. The Bertz CT molecular complexity index is 566. The molecule has 0 aliphatic heterocycles. The molecule has 1 atom stereocenters. The Morgan fingerprint density at radius 2 is 1.82 bits per heavy atom. The van der Waals surface area contributed by atoms with Crippen LogP contribution in [0.3, 0.4) is 0 Å². The summed E-state index contributed by atoms with van der Waals surface area (Å²) < 4.78 is 0. The molecule has 0 radical (unpaired) electrons. The van der Waals surface area contributed by atoms with Gasteiger partial charge >= 0.3 is 5.97 Å². The Balaban J connectivity index is 2.48. The number of thioether (sulfide) groups is 1. The predicted molar refractivity (Wildman–Crippen MR) is 68.6 cm³/mol. The lowest BCUT2D eigenvalue weighted by Gasteiger charge is -2.10. The van der Waals surface area contributed by atoms with Gasteiger partial charge < -0.3 is 10.2 Å². The van der Waals surface area contributed by atoms with E-state index in [-0.39, 0.29) is 5.75 Å². The lowest BCUT2D eigenvalue weighted by molar-refractivity contribution is -0.136. The number of carboxylic acid groups (broad SMARTS) is 1. The van der Waals surface area contributed by atoms with Crippen LogP contribution in [-0.2, 0) is 4.79 Å². The van der Waals surface area contributed by atoms with Crippen LogP contribution in [-0.4, -0.2) is 21.4 Å². The molecule has 3 nitrogen and oxygen atoms in total. The summed E-state index contributed by atoms with van der Waals surface area (Å²) in [5.41, 5.74) is 0. The van der Waals surface area contributed by atoms with Gasteiger partial charge in [-0.1, -0.05) is 24.3 Å². The molecule has 0 amide bonds. The highest BCUT2D eigenvalue weighted by atomic mass is 32.2. The fraction of sp³-hybridized carbons (Fsp3) is 0.154.